The molecule has 1 nitrogen and oxygen atoms in total. The molecule has 0 heterocycles. The van der Waals surface area contributed by atoms with Crippen molar-refractivity contribution >= 4 is 0 Å². The molecule has 0 unspecified atom stereocenters. The molecule has 0 saturated carbocycles. The lowest BCUT2D eigenvalue weighted by atomic mass is 9.99. The second-order valence-corrected chi connectivity index (χ2v) is 4.79. The molecular formula is C17H20FN. The van der Waals surface area contributed by atoms with Gasteiger partial charge in [-0.15, -0.1) is 0 Å². The predicted molar refractivity (Wildman–Crippen MR) is 78.6 cm³/mol. The van der Waals surface area contributed by atoms with E-state index in [4.69, 9.17) is 0 Å². The van der Waals surface area contributed by atoms with Gasteiger partial charge < -0.3 is 5.32 Å². The zero-order valence-electron chi connectivity index (χ0n) is 11.5. The van der Waals surface area contributed by atoms with Gasteiger partial charge in [-0.1, -0.05) is 43.7 Å². The number of hydrogen-bond donors (Lipinski definition) is 1. The van der Waals surface area contributed by atoms with Crippen LogP contribution >= 0.6 is 0 Å². The average molecular weight is 257 g/mol. The van der Waals surface area contributed by atoms with Gasteiger partial charge in [-0.3, -0.25) is 0 Å². The van der Waals surface area contributed by atoms with Crippen molar-refractivity contribution < 1.29 is 4.39 Å². The number of rotatable bonds is 5. The first-order valence-electron chi connectivity index (χ1n) is 6.77. The highest BCUT2D eigenvalue weighted by atomic mass is 19.1. The Hall–Kier alpha value is -1.67. The number of hydrogen-bond acceptors (Lipinski definition) is 1. The lowest BCUT2D eigenvalue weighted by Gasteiger charge is -2.08. The Labute approximate surface area is 114 Å². The molecule has 0 aromatic heterocycles. The summed E-state index contributed by atoms with van der Waals surface area (Å²) in [6.45, 7) is 2.91. The van der Waals surface area contributed by atoms with Crippen molar-refractivity contribution in [3.05, 3.63) is 59.4 Å². The van der Waals surface area contributed by atoms with Crippen molar-refractivity contribution in [2.24, 2.45) is 0 Å². The molecule has 2 aromatic rings. The third-order valence-corrected chi connectivity index (χ3v) is 3.19. The molecule has 0 bridgehead atoms. The molecule has 2 rings (SSSR count). The SMILES string of the molecule is CCCc1cccc(-c2cc(CNC)ccc2F)c1. The molecule has 0 fully saturated rings. The van der Waals surface area contributed by atoms with Crippen LogP contribution in [-0.2, 0) is 13.0 Å². The molecule has 19 heavy (non-hydrogen) atoms. The molecule has 0 aliphatic rings. The molecule has 1 N–H and O–H groups in total. The third-order valence-electron chi connectivity index (χ3n) is 3.19. The van der Waals surface area contributed by atoms with Crippen LogP contribution in [0.3, 0.4) is 0 Å². The normalized spacial score (nSPS) is 10.7. The van der Waals surface area contributed by atoms with E-state index in [2.05, 4.69) is 24.4 Å². The zero-order chi connectivity index (χ0) is 13.7. The Morgan fingerprint density at radius 1 is 1.05 bits per heavy atom. The van der Waals surface area contributed by atoms with E-state index in [1.807, 2.05) is 31.3 Å². The Morgan fingerprint density at radius 2 is 1.89 bits per heavy atom. The molecule has 0 aliphatic heterocycles. The van der Waals surface area contributed by atoms with Gasteiger partial charge in [0.05, 0.1) is 0 Å². The largest absolute Gasteiger partial charge is 0.316 e. The van der Waals surface area contributed by atoms with E-state index in [-0.39, 0.29) is 5.82 Å². The number of halogens is 1. The van der Waals surface area contributed by atoms with Gasteiger partial charge in [0, 0.05) is 12.1 Å². The van der Waals surface area contributed by atoms with Crippen molar-refractivity contribution in [1.82, 2.24) is 5.32 Å². The van der Waals surface area contributed by atoms with Crippen LogP contribution in [0.2, 0.25) is 0 Å². The molecule has 0 aliphatic carbocycles. The van der Waals surface area contributed by atoms with Crippen molar-refractivity contribution in [3.8, 4) is 11.1 Å². The Morgan fingerprint density at radius 3 is 2.63 bits per heavy atom. The van der Waals surface area contributed by atoms with E-state index in [9.17, 15) is 4.39 Å². The second kappa shape index (κ2) is 6.48. The van der Waals surface area contributed by atoms with Crippen LogP contribution < -0.4 is 5.32 Å². The third kappa shape index (κ3) is 3.42. The van der Waals surface area contributed by atoms with E-state index in [1.54, 1.807) is 6.07 Å². The maximum Gasteiger partial charge on any atom is 0.131 e. The fourth-order valence-electron chi connectivity index (χ4n) is 2.29. The average Bonchev–Trinajstić information content (AvgIpc) is 2.42. The minimum atomic E-state index is -0.159. The van der Waals surface area contributed by atoms with Gasteiger partial charge in [0.1, 0.15) is 5.82 Å². The molecule has 2 heteroatoms. The Bertz CT molecular complexity index is 549. The summed E-state index contributed by atoms with van der Waals surface area (Å²) in [5.74, 6) is -0.159. The molecule has 0 saturated heterocycles. The van der Waals surface area contributed by atoms with Gasteiger partial charge >= 0.3 is 0 Å². The first-order chi connectivity index (χ1) is 9.24. The number of benzene rings is 2. The number of nitrogens with one attached hydrogen (secondary N) is 1. The fraction of sp³-hybridized carbons (Fsp3) is 0.294. The van der Waals surface area contributed by atoms with Crippen molar-refractivity contribution in [2.75, 3.05) is 7.05 Å². The van der Waals surface area contributed by atoms with E-state index in [0.29, 0.717) is 5.56 Å². The molecular weight excluding hydrogens is 237 g/mol. The minimum Gasteiger partial charge on any atom is -0.316 e. The highest BCUT2D eigenvalue weighted by Gasteiger charge is 2.07. The van der Waals surface area contributed by atoms with Crippen LogP contribution in [0.25, 0.3) is 11.1 Å². The van der Waals surface area contributed by atoms with Crippen molar-refractivity contribution in [1.29, 1.82) is 0 Å². The molecule has 100 valence electrons. The lowest BCUT2D eigenvalue weighted by molar-refractivity contribution is 0.630. The summed E-state index contributed by atoms with van der Waals surface area (Å²) in [6, 6.07) is 13.5. The van der Waals surface area contributed by atoms with E-state index < -0.39 is 0 Å². The summed E-state index contributed by atoms with van der Waals surface area (Å²) in [5, 5.41) is 3.09. The summed E-state index contributed by atoms with van der Waals surface area (Å²) in [4.78, 5) is 0. The van der Waals surface area contributed by atoms with Gasteiger partial charge in [0.2, 0.25) is 0 Å². The predicted octanol–water partition coefficient (Wildman–Crippen LogP) is 4.16. The van der Waals surface area contributed by atoms with Gasteiger partial charge in [0.15, 0.2) is 0 Å². The second-order valence-electron chi connectivity index (χ2n) is 4.79. The van der Waals surface area contributed by atoms with Crippen molar-refractivity contribution in [2.45, 2.75) is 26.3 Å². The van der Waals surface area contributed by atoms with Crippen LogP contribution in [0.15, 0.2) is 42.5 Å². The van der Waals surface area contributed by atoms with Crippen LogP contribution in [0, 0.1) is 5.82 Å². The van der Waals surface area contributed by atoms with Crippen LogP contribution in [0.5, 0.6) is 0 Å². The van der Waals surface area contributed by atoms with Gasteiger partial charge in [-0.25, -0.2) is 4.39 Å². The van der Waals surface area contributed by atoms with Crippen LogP contribution in [0.4, 0.5) is 4.39 Å². The maximum absolute atomic E-state index is 14.0. The van der Waals surface area contributed by atoms with Crippen molar-refractivity contribution in [3.63, 3.8) is 0 Å². The minimum absolute atomic E-state index is 0.159. The fourth-order valence-corrected chi connectivity index (χ4v) is 2.29. The Kier molecular flexibility index (Phi) is 4.69. The number of aryl methyl sites for hydroxylation is 1. The summed E-state index contributed by atoms with van der Waals surface area (Å²) >= 11 is 0. The molecule has 0 radical (unpaired) electrons. The Balaban J connectivity index is 2.39. The van der Waals surface area contributed by atoms with E-state index >= 15 is 0 Å². The van der Waals surface area contributed by atoms with E-state index in [0.717, 1.165) is 30.5 Å². The summed E-state index contributed by atoms with van der Waals surface area (Å²) in [6.07, 6.45) is 2.14. The van der Waals surface area contributed by atoms with E-state index in [1.165, 1.54) is 5.56 Å². The monoisotopic (exact) mass is 257 g/mol. The van der Waals surface area contributed by atoms with Crippen LogP contribution in [-0.4, -0.2) is 7.05 Å². The summed E-state index contributed by atoms with van der Waals surface area (Å²) in [5.41, 5.74) is 4.00. The first kappa shape index (κ1) is 13.8. The highest BCUT2D eigenvalue weighted by molar-refractivity contribution is 5.65. The van der Waals surface area contributed by atoms with Crippen LogP contribution in [0.1, 0.15) is 24.5 Å². The highest BCUT2D eigenvalue weighted by Crippen LogP contribution is 2.25. The van der Waals surface area contributed by atoms with Gasteiger partial charge in [0.25, 0.3) is 0 Å². The molecule has 0 spiro atoms. The lowest BCUT2D eigenvalue weighted by Crippen LogP contribution is -2.05. The summed E-state index contributed by atoms with van der Waals surface area (Å²) < 4.78 is 14.0. The standard InChI is InChI=1S/C17H20FN/c1-3-5-13-6-4-7-15(10-13)16-11-14(12-19-2)8-9-17(16)18/h4,6-11,19H,3,5,12H2,1-2H3. The molecule has 0 amide bonds. The van der Waals surface area contributed by atoms with Gasteiger partial charge in [-0.05, 0) is 42.3 Å². The van der Waals surface area contributed by atoms with Gasteiger partial charge in [-0.2, -0.15) is 0 Å². The topological polar surface area (TPSA) is 12.0 Å². The summed E-state index contributed by atoms with van der Waals surface area (Å²) in [7, 11) is 1.89. The quantitative estimate of drug-likeness (QED) is 0.848. The molecule has 0 atom stereocenters. The first-order valence-corrected chi connectivity index (χ1v) is 6.77. The molecule has 2 aromatic carbocycles. The maximum atomic E-state index is 14.0. The zero-order valence-corrected chi connectivity index (χ0v) is 11.5. The smallest absolute Gasteiger partial charge is 0.131 e.